The zero-order valence-corrected chi connectivity index (χ0v) is 18.0. The Kier molecular flexibility index (Phi) is 8.37. The number of hydrogen-bond acceptors (Lipinski definition) is 6. The lowest BCUT2D eigenvalue weighted by Crippen LogP contribution is -2.57. The third kappa shape index (κ3) is 5.72. The van der Waals surface area contributed by atoms with Gasteiger partial charge in [-0.25, -0.2) is 4.79 Å². The van der Waals surface area contributed by atoms with Crippen molar-refractivity contribution in [2.45, 2.75) is 76.5 Å². The summed E-state index contributed by atoms with van der Waals surface area (Å²) in [5, 5.41) is 21.0. The Bertz CT molecular complexity index is 728. The molecule has 31 heavy (non-hydrogen) atoms. The molecule has 3 amide bonds. The van der Waals surface area contributed by atoms with E-state index in [9.17, 15) is 34.2 Å². The van der Waals surface area contributed by atoms with E-state index in [1.807, 2.05) is 13.8 Å². The first kappa shape index (κ1) is 24.6. The highest BCUT2D eigenvalue weighted by atomic mass is 16.4. The maximum Gasteiger partial charge on any atom is 0.326 e. The summed E-state index contributed by atoms with van der Waals surface area (Å²) >= 11 is 0. The number of aliphatic carboxylic acids is 2. The van der Waals surface area contributed by atoms with Crippen LogP contribution in [0.4, 0.5) is 0 Å². The van der Waals surface area contributed by atoms with Crippen LogP contribution >= 0.6 is 0 Å². The maximum atomic E-state index is 12.9. The van der Waals surface area contributed by atoms with E-state index in [1.165, 1.54) is 4.90 Å². The number of carbonyl (C=O) groups excluding carboxylic acids is 3. The van der Waals surface area contributed by atoms with Gasteiger partial charge in [-0.05, 0) is 31.6 Å². The first-order valence-corrected chi connectivity index (χ1v) is 10.7. The summed E-state index contributed by atoms with van der Waals surface area (Å²) in [6.07, 6.45) is 1.73. The largest absolute Gasteiger partial charge is 0.481 e. The third-order valence-corrected chi connectivity index (χ3v) is 6.19. The van der Waals surface area contributed by atoms with E-state index in [0.717, 1.165) is 4.90 Å². The smallest absolute Gasteiger partial charge is 0.326 e. The second kappa shape index (κ2) is 10.6. The minimum Gasteiger partial charge on any atom is -0.481 e. The monoisotopic (exact) mass is 440 g/mol. The van der Waals surface area contributed by atoms with Crippen LogP contribution in [-0.4, -0.2) is 86.9 Å². The summed E-state index contributed by atoms with van der Waals surface area (Å²) in [6.45, 7) is 4.30. The fourth-order valence-corrected chi connectivity index (χ4v) is 4.12. The van der Waals surface area contributed by atoms with Crippen molar-refractivity contribution in [2.24, 2.45) is 11.7 Å². The predicted octanol–water partition coefficient (Wildman–Crippen LogP) is -0.614. The van der Waals surface area contributed by atoms with Crippen molar-refractivity contribution in [2.75, 3.05) is 13.1 Å². The Morgan fingerprint density at radius 3 is 2.06 bits per heavy atom. The van der Waals surface area contributed by atoms with Crippen molar-refractivity contribution in [1.82, 2.24) is 15.1 Å². The van der Waals surface area contributed by atoms with Gasteiger partial charge in [0.15, 0.2) is 0 Å². The molecule has 0 aromatic carbocycles. The number of rotatable bonds is 9. The van der Waals surface area contributed by atoms with Gasteiger partial charge in [0.2, 0.25) is 17.7 Å². The number of likely N-dealkylation sites (tertiary alicyclic amines) is 2. The highest BCUT2D eigenvalue weighted by Crippen LogP contribution is 2.22. The summed E-state index contributed by atoms with van der Waals surface area (Å²) in [5.41, 5.74) is 6.04. The van der Waals surface area contributed by atoms with E-state index in [4.69, 9.17) is 5.73 Å². The molecule has 0 bridgehead atoms. The van der Waals surface area contributed by atoms with E-state index >= 15 is 0 Å². The second-order valence-corrected chi connectivity index (χ2v) is 8.29. The maximum absolute atomic E-state index is 12.9. The SMILES string of the molecule is CCC(C)C(N)C(=O)N1CCCC1C(=O)NC(CC(=O)O)C(=O)N1CCCC1C(=O)O. The minimum absolute atomic E-state index is 0.0683. The highest BCUT2D eigenvalue weighted by molar-refractivity contribution is 5.96. The van der Waals surface area contributed by atoms with Crippen LogP contribution in [0.15, 0.2) is 0 Å². The molecule has 0 saturated carbocycles. The van der Waals surface area contributed by atoms with Crippen molar-refractivity contribution >= 4 is 29.7 Å². The van der Waals surface area contributed by atoms with Crippen molar-refractivity contribution in [3.8, 4) is 0 Å². The topological polar surface area (TPSA) is 170 Å². The molecule has 2 saturated heterocycles. The van der Waals surface area contributed by atoms with Crippen LogP contribution < -0.4 is 11.1 Å². The lowest BCUT2D eigenvalue weighted by Gasteiger charge is -2.31. The molecule has 174 valence electrons. The van der Waals surface area contributed by atoms with Crippen LogP contribution in [0.2, 0.25) is 0 Å². The molecule has 2 aliphatic rings. The molecule has 2 rings (SSSR count). The van der Waals surface area contributed by atoms with Gasteiger partial charge in [-0.2, -0.15) is 0 Å². The van der Waals surface area contributed by atoms with Gasteiger partial charge >= 0.3 is 11.9 Å². The van der Waals surface area contributed by atoms with Gasteiger partial charge in [-0.3, -0.25) is 19.2 Å². The normalized spacial score (nSPS) is 23.8. The number of carboxylic acids is 2. The number of nitrogens with one attached hydrogen (secondary N) is 1. The Morgan fingerprint density at radius 1 is 1.00 bits per heavy atom. The molecule has 0 spiro atoms. The van der Waals surface area contributed by atoms with Crippen molar-refractivity contribution in [3.05, 3.63) is 0 Å². The van der Waals surface area contributed by atoms with Crippen LogP contribution in [0.25, 0.3) is 0 Å². The minimum atomic E-state index is -1.41. The second-order valence-electron chi connectivity index (χ2n) is 8.29. The Labute approximate surface area is 180 Å². The standard InChI is InChI=1S/C20H32N4O7/c1-3-11(2)16(21)19(29)23-8-4-6-13(23)17(27)22-12(10-15(25)26)18(28)24-9-5-7-14(24)20(30)31/h11-14,16H,3-10,21H2,1-2H3,(H,22,27)(H,25,26)(H,30,31). The molecule has 0 aromatic rings. The van der Waals surface area contributed by atoms with Crippen LogP contribution in [0.5, 0.6) is 0 Å². The van der Waals surface area contributed by atoms with Crippen molar-refractivity contribution in [3.63, 3.8) is 0 Å². The number of carboxylic acid groups (broad SMARTS) is 2. The van der Waals surface area contributed by atoms with Gasteiger partial charge in [0.25, 0.3) is 0 Å². The van der Waals surface area contributed by atoms with Crippen molar-refractivity contribution in [1.29, 1.82) is 0 Å². The molecule has 0 radical (unpaired) electrons. The molecule has 11 heteroatoms. The summed E-state index contributed by atoms with van der Waals surface area (Å²) in [5.74, 6) is -4.26. The zero-order valence-electron chi connectivity index (χ0n) is 18.0. The van der Waals surface area contributed by atoms with Crippen molar-refractivity contribution < 1.29 is 34.2 Å². The fourth-order valence-electron chi connectivity index (χ4n) is 4.12. The number of nitrogens with zero attached hydrogens (tertiary/aromatic N) is 2. The lowest BCUT2D eigenvalue weighted by atomic mass is 9.98. The molecule has 2 fully saturated rings. The van der Waals surface area contributed by atoms with Gasteiger partial charge in [-0.15, -0.1) is 0 Å². The van der Waals surface area contributed by atoms with E-state index in [-0.39, 0.29) is 24.8 Å². The van der Waals surface area contributed by atoms with Gasteiger partial charge in [0, 0.05) is 13.1 Å². The molecule has 0 aliphatic carbocycles. The predicted molar refractivity (Wildman–Crippen MR) is 109 cm³/mol. The molecule has 5 atom stereocenters. The molecule has 11 nitrogen and oxygen atoms in total. The Hall–Kier alpha value is -2.69. The Balaban J connectivity index is 2.14. The zero-order chi connectivity index (χ0) is 23.3. The van der Waals surface area contributed by atoms with E-state index in [1.54, 1.807) is 0 Å². The average molecular weight is 440 g/mol. The molecular formula is C20H32N4O7. The first-order chi connectivity index (χ1) is 14.6. The number of hydrogen-bond donors (Lipinski definition) is 4. The summed E-state index contributed by atoms with van der Waals surface area (Å²) < 4.78 is 0. The van der Waals surface area contributed by atoms with Gasteiger partial charge in [0.1, 0.15) is 18.1 Å². The van der Waals surface area contributed by atoms with E-state index < -0.39 is 54.3 Å². The summed E-state index contributed by atoms with van der Waals surface area (Å²) in [4.78, 5) is 63.8. The van der Waals surface area contributed by atoms with E-state index in [0.29, 0.717) is 32.2 Å². The molecule has 0 aromatic heterocycles. The van der Waals surface area contributed by atoms with Gasteiger partial charge < -0.3 is 31.1 Å². The third-order valence-electron chi connectivity index (χ3n) is 6.19. The summed E-state index contributed by atoms with van der Waals surface area (Å²) in [7, 11) is 0. The number of carbonyl (C=O) groups is 5. The molecule has 2 heterocycles. The van der Waals surface area contributed by atoms with Crippen LogP contribution in [0, 0.1) is 5.92 Å². The molecule has 5 unspecified atom stereocenters. The average Bonchev–Trinajstić information content (AvgIpc) is 3.40. The van der Waals surface area contributed by atoms with E-state index in [2.05, 4.69) is 5.32 Å². The van der Waals surface area contributed by atoms with Gasteiger partial charge in [-0.1, -0.05) is 20.3 Å². The van der Waals surface area contributed by atoms with Crippen LogP contribution in [-0.2, 0) is 24.0 Å². The number of nitrogens with two attached hydrogens (primary N) is 1. The first-order valence-electron chi connectivity index (χ1n) is 10.7. The highest BCUT2D eigenvalue weighted by Gasteiger charge is 2.41. The van der Waals surface area contributed by atoms with Gasteiger partial charge in [0.05, 0.1) is 12.5 Å². The number of amides is 3. The Morgan fingerprint density at radius 2 is 1.55 bits per heavy atom. The molecule has 2 aliphatic heterocycles. The summed E-state index contributed by atoms with van der Waals surface area (Å²) in [6, 6.07) is -4.05. The van der Waals surface area contributed by atoms with Crippen LogP contribution in [0.3, 0.4) is 0 Å². The quantitative estimate of drug-likeness (QED) is 0.368. The lowest BCUT2D eigenvalue weighted by molar-refractivity contribution is -0.151. The molecule has 5 N–H and O–H groups in total. The molecular weight excluding hydrogens is 408 g/mol. The van der Waals surface area contributed by atoms with Crippen LogP contribution in [0.1, 0.15) is 52.4 Å². The fraction of sp³-hybridized carbons (Fsp3) is 0.750.